The van der Waals surface area contributed by atoms with Crippen LogP contribution in [0.3, 0.4) is 0 Å². The van der Waals surface area contributed by atoms with Gasteiger partial charge in [-0.2, -0.15) is 5.10 Å². The van der Waals surface area contributed by atoms with Gasteiger partial charge in [0, 0.05) is 9.92 Å². The number of rotatable bonds is 10. The highest BCUT2D eigenvalue weighted by molar-refractivity contribution is 7.98. The fourth-order valence-corrected chi connectivity index (χ4v) is 4.97. The number of para-hydroxylation sites is 2. The first-order chi connectivity index (χ1) is 16.3. The predicted molar refractivity (Wildman–Crippen MR) is 138 cm³/mol. The lowest BCUT2D eigenvalue weighted by molar-refractivity contribution is -0.119. The van der Waals surface area contributed by atoms with Gasteiger partial charge in [-0.1, -0.05) is 35.9 Å². The Morgan fingerprint density at radius 2 is 1.76 bits per heavy atom. The van der Waals surface area contributed by atoms with Crippen LogP contribution in [-0.4, -0.2) is 39.9 Å². The first-order valence-corrected chi connectivity index (χ1v) is 13.4. The van der Waals surface area contributed by atoms with Crippen LogP contribution in [0.25, 0.3) is 0 Å². The molecule has 0 saturated carbocycles. The van der Waals surface area contributed by atoms with Crippen molar-refractivity contribution in [2.75, 3.05) is 23.7 Å². The van der Waals surface area contributed by atoms with Crippen molar-refractivity contribution in [1.82, 2.24) is 5.43 Å². The van der Waals surface area contributed by atoms with Crippen LogP contribution in [0.15, 0.2) is 87.7 Å². The molecule has 0 spiro atoms. The molecular formula is C24H24ClN3O4S2. The van der Waals surface area contributed by atoms with Gasteiger partial charge < -0.3 is 4.74 Å². The summed E-state index contributed by atoms with van der Waals surface area (Å²) in [6.07, 6.45) is 3.48. The van der Waals surface area contributed by atoms with E-state index in [9.17, 15) is 13.2 Å². The lowest BCUT2D eigenvalue weighted by Gasteiger charge is -2.25. The normalized spacial score (nSPS) is 11.4. The molecule has 0 atom stereocenters. The van der Waals surface area contributed by atoms with Gasteiger partial charge in [-0.05, 0) is 67.3 Å². The van der Waals surface area contributed by atoms with E-state index >= 15 is 0 Å². The Morgan fingerprint density at radius 3 is 2.41 bits per heavy atom. The average Bonchev–Trinajstić information content (AvgIpc) is 2.84. The second-order valence-electron chi connectivity index (χ2n) is 6.93. The van der Waals surface area contributed by atoms with Gasteiger partial charge in [-0.25, -0.2) is 13.8 Å². The molecule has 0 aliphatic carbocycles. The number of carbonyl (C=O) groups excluding carboxylic acids is 1. The summed E-state index contributed by atoms with van der Waals surface area (Å²) in [5, 5.41) is 4.37. The first-order valence-electron chi connectivity index (χ1n) is 10.3. The Bertz CT molecular complexity index is 1250. The highest BCUT2D eigenvalue weighted by Gasteiger charge is 2.29. The van der Waals surface area contributed by atoms with E-state index in [4.69, 9.17) is 16.3 Å². The van der Waals surface area contributed by atoms with E-state index in [1.807, 2.05) is 30.5 Å². The molecule has 3 aromatic carbocycles. The van der Waals surface area contributed by atoms with Crippen molar-refractivity contribution in [3.63, 3.8) is 0 Å². The van der Waals surface area contributed by atoms with E-state index in [-0.39, 0.29) is 10.6 Å². The molecule has 0 unspecified atom stereocenters. The number of hydrazone groups is 1. The quantitative estimate of drug-likeness (QED) is 0.237. The highest BCUT2D eigenvalue weighted by atomic mass is 35.5. The van der Waals surface area contributed by atoms with Gasteiger partial charge >= 0.3 is 0 Å². The van der Waals surface area contributed by atoms with E-state index in [0.717, 1.165) is 14.8 Å². The Kier molecular flexibility index (Phi) is 8.98. The minimum Gasteiger partial charge on any atom is -0.492 e. The SMILES string of the molecule is CCOc1ccccc1N(CC(=O)N/N=C\c1ccc(SC)cc1)S(=O)(=O)c1ccc(Cl)cc1. The van der Waals surface area contributed by atoms with E-state index < -0.39 is 22.5 Å². The summed E-state index contributed by atoms with van der Waals surface area (Å²) in [6.45, 7) is 1.62. The van der Waals surface area contributed by atoms with Crippen molar-refractivity contribution in [2.24, 2.45) is 5.10 Å². The van der Waals surface area contributed by atoms with E-state index in [1.54, 1.807) is 43.0 Å². The predicted octanol–water partition coefficient (Wildman–Crippen LogP) is 4.81. The summed E-state index contributed by atoms with van der Waals surface area (Å²) in [4.78, 5) is 13.8. The standard InChI is InChI=1S/C24H24ClN3O4S2/c1-3-32-23-7-5-4-6-22(23)28(34(30,31)21-14-10-19(25)11-15-21)17-24(29)27-26-16-18-8-12-20(33-2)13-9-18/h4-16H,3,17H2,1-2H3,(H,27,29)/b26-16-. The Hall–Kier alpha value is -3.01. The smallest absolute Gasteiger partial charge is 0.264 e. The molecule has 34 heavy (non-hydrogen) atoms. The second-order valence-corrected chi connectivity index (χ2v) is 10.1. The van der Waals surface area contributed by atoms with Crippen LogP contribution in [0.5, 0.6) is 5.75 Å². The topological polar surface area (TPSA) is 88.1 Å². The van der Waals surface area contributed by atoms with E-state index in [1.165, 1.54) is 30.5 Å². The molecule has 0 aromatic heterocycles. The maximum atomic E-state index is 13.5. The summed E-state index contributed by atoms with van der Waals surface area (Å²) in [7, 11) is -4.11. The number of nitrogens with one attached hydrogen (secondary N) is 1. The lowest BCUT2D eigenvalue weighted by Crippen LogP contribution is -2.39. The van der Waals surface area contributed by atoms with Crippen LogP contribution in [-0.2, 0) is 14.8 Å². The van der Waals surface area contributed by atoms with Crippen LogP contribution < -0.4 is 14.5 Å². The van der Waals surface area contributed by atoms with Crippen molar-refractivity contribution in [3.8, 4) is 5.75 Å². The molecule has 10 heteroatoms. The van der Waals surface area contributed by atoms with Crippen molar-refractivity contribution in [1.29, 1.82) is 0 Å². The first kappa shape index (κ1) is 25.6. The summed E-state index contributed by atoms with van der Waals surface area (Å²) in [5.41, 5.74) is 3.44. The molecule has 178 valence electrons. The van der Waals surface area contributed by atoms with Crippen LogP contribution in [0.4, 0.5) is 5.69 Å². The van der Waals surface area contributed by atoms with E-state index in [0.29, 0.717) is 17.4 Å². The maximum Gasteiger partial charge on any atom is 0.264 e. The summed E-state index contributed by atoms with van der Waals surface area (Å²) >= 11 is 7.55. The largest absolute Gasteiger partial charge is 0.492 e. The molecule has 1 amide bonds. The zero-order chi connectivity index (χ0) is 24.6. The van der Waals surface area contributed by atoms with Gasteiger partial charge in [0.05, 0.1) is 23.4 Å². The van der Waals surface area contributed by atoms with Crippen molar-refractivity contribution in [2.45, 2.75) is 16.7 Å². The highest BCUT2D eigenvalue weighted by Crippen LogP contribution is 2.32. The number of benzene rings is 3. The number of thioether (sulfide) groups is 1. The Labute approximate surface area is 208 Å². The van der Waals surface area contributed by atoms with Gasteiger partial charge in [0.25, 0.3) is 15.9 Å². The average molecular weight is 518 g/mol. The molecule has 3 aromatic rings. The number of halogens is 1. The van der Waals surface area contributed by atoms with Gasteiger partial charge in [0.15, 0.2) is 0 Å². The molecule has 0 aliphatic rings. The van der Waals surface area contributed by atoms with Crippen LogP contribution in [0.2, 0.25) is 5.02 Å². The molecule has 7 nitrogen and oxygen atoms in total. The maximum absolute atomic E-state index is 13.5. The molecule has 0 saturated heterocycles. The summed E-state index contributed by atoms with van der Waals surface area (Å²) in [5.74, 6) is -0.270. The number of anilines is 1. The fraction of sp³-hybridized carbons (Fsp3) is 0.167. The fourth-order valence-electron chi connectivity index (χ4n) is 3.01. The van der Waals surface area contributed by atoms with Gasteiger partial charge in [0.1, 0.15) is 12.3 Å². The molecule has 0 heterocycles. The Balaban J connectivity index is 1.87. The molecule has 0 bridgehead atoms. The summed E-state index contributed by atoms with van der Waals surface area (Å²) in [6, 6.07) is 20.0. The zero-order valence-corrected chi connectivity index (χ0v) is 21.0. The molecular weight excluding hydrogens is 494 g/mol. The van der Waals surface area contributed by atoms with Crippen LogP contribution >= 0.6 is 23.4 Å². The molecule has 0 fully saturated rings. The minimum atomic E-state index is -4.11. The number of amides is 1. The number of carbonyl (C=O) groups is 1. The monoisotopic (exact) mass is 517 g/mol. The molecule has 1 N–H and O–H groups in total. The lowest BCUT2D eigenvalue weighted by atomic mass is 10.2. The van der Waals surface area contributed by atoms with Gasteiger partial charge in [-0.15, -0.1) is 11.8 Å². The molecule has 0 radical (unpaired) electrons. The third-order valence-electron chi connectivity index (χ3n) is 4.64. The Morgan fingerprint density at radius 1 is 1.09 bits per heavy atom. The number of sulfonamides is 1. The minimum absolute atomic E-state index is 0.00612. The van der Waals surface area contributed by atoms with Gasteiger partial charge in [-0.3, -0.25) is 9.10 Å². The number of ether oxygens (including phenoxy) is 1. The third kappa shape index (κ3) is 6.53. The molecule has 0 aliphatic heterocycles. The van der Waals surface area contributed by atoms with Crippen molar-refractivity contribution >= 4 is 51.2 Å². The summed E-state index contributed by atoms with van der Waals surface area (Å²) < 4.78 is 33.6. The third-order valence-corrected chi connectivity index (χ3v) is 7.41. The molecule has 3 rings (SSSR count). The van der Waals surface area contributed by atoms with Crippen LogP contribution in [0.1, 0.15) is 12.5 Å². The number of nitrogens with zero attached hydrogens (tertiary/aromatic N) is 2. The number of hydrogen-bond donors (Lipinski definition) is 1. The number of hydrogen-bond acceptors (Lipinski definition) is 6. The second kappa shape index (κ2) is 11.9. The van der Waals surface area contributed by atoms with Crippen molar-refractivity contribution in [3.05, 3.63) is 83.4 Å². The van der Waals surface area contributed by atoms with E-state index in [2.05, 4.69) is 10.5 Å². The van der Waals surface area contributed by atoms with Gasteiger partial charge in [0.2, 0.25) is 0 Å². The van der Waals surface area contributed by atoms with Crippen LogP contribution in [0, 0.1) is 0 Å². The zero-order valence-electron chi connectivity index (χ0n) is 18.6. The van der Waals surface area contributed by atoms with Crippen molar-refractivity contribution < 1.29 is 17.9 Å².